The van der Waals surface area contributed by atoms with E-state index in [0.717, 1.165) is 5.56 Å². The summed E-state index contributed by atoms with van der Waals surface area (Å²) >= 11 is 0. The second kappa shape index (κ2) is 7.03. The molecule has 1 aromatic heterocycles. The number of ether oxygens (including phenoxy) is 1. The SMILES string of the molecule is Cc1cccc(-c2ccccc2C(Oc2ccnc(N)n2)C(F)(F)F)c1. The summed E-state index contributed by atoms with van der Waals surface area (Å²) in [5, 5.41) is 0. The van der Waals surface area contributed by atoms with Gasteiger partial charge in [0.05, 0.1) is 0 Å². The number of hydrogen-bond donors (Lipinski definition) is 1. The molecule has 0 spiro atoms. The second-order valence-electron chi connectivity index (χ2n) is 5.75. The van der Waals surface area contributed by atoms with E-state index >= 15 is 0 Å². The predicted octanol–water partition coefficient (Wildman–Crippen LogP) is 4.72. The number of nitrogen functional groups attached to an aromatic ring is 1. The van der Waals surface area contributed by atoms with E-state index in [1.807, 2.05) is 19.1 Å². The summed E-state index contributed by atoms with van der Waals surface area (Å²) in [6.45, 7) is 1.88. The van der Waals surface area contributed by atoms with Crippen LogP contribution >= 0.6 is 0 Å². The van der Waals surface area contributed by atoms with Crippen molar-refractivity contribution in [3.8, 4) is 17.0 Å². The zero-order valence-corrected chi connectivity index (χ0v) is 13.9. The Labute approximate surface area is 148 Å². The summed E-state index contributed by atoms with van der Waals surface area (Å²) in [5.41, 5.74) is 7.51. The molecule has 134 valence electrons. The highest BCUT2D eigenvalue weighted by atomic mass is 19.4. The lowest BCUT2D eigenvalue weighted by Gasteiger charge is -2.24. The largest absolute Gasteiger partial charge is 0.460 e. The molecule has 1 unspecified atom stereocenters. The van der Waals surface area contributed by atoms with E-state index in [9.17, 15) is 13.2 Å². The molecule has 2 aromatic carbocycles. The number of alkyl halides is 3. The minimum Gasteiger partial charge on any atom is -0.460 e. The zero-order valence-electron chi connectivity index (χ0n) is 13.9. The first-order chi connectivity index (χ1) is 12.3. The molecule has 3 aromatic rings. The number of hydrogen-bond acceptors (Lipinski definition) is 4. The van der Waals surface area contributed by atoms with Gasteiger partial charge >= 0.3 is 6.18 Å². The summed E-state index contributed by atoms with van der Waals surface area (Å²) in [4.78, 5) is 7.38. The van der Waals surface area contributed by atoms with Crippen LogP contribution in [0.1, 0.15) is 17.2 Å². The zero-order chi connectivity index (χ0) is 18.7. The average molecular weight is 359 g/mol. The molecule has 26 heavy (non-hydrogen) atoms. The van der Waals surface area contributed by atoms with Gasteiger partial charge in [0.1, 0.15) is 0 Å². The van der Waals surface area contributed by atoms with Gasteiger partial charge in [0, 0.05) is 17.8 Å². The summed E-state index contributed by atoms with van der Waals surface area (Å²) in [5.74, 6) is -0.394. The number of anilines is 1. The quantitative estimate of drug-likeness (QED) is 0.732. The van der Waals surface area contributed by atoms with Crippen LogP contribution in [-0.4, -0.2) is 16.1 Å². The van der Waals surface area contributed by atoms with E-state index < -0.39 is 12.3 Å². The Balaban J connectivity index is 2.08. The first-order valence-corrected chi connectivity index (χ1v) is 7.82. The molecule has 0 saturated heterocycles. The van der Waals surface area contributed by atoms with Crippen LogP contribution in [0.3, 0.4) is 0 Å². The van der Waals surface area contributed by atoms with Gasteiger partial charge < -0.3 is 10.5 Å². The summed E-state index contributed by atoms with van der Waals surface area (Å²) < 4.78 is 46.5. The summed E-state index contributed by atoms with van der Waals surface area (Å²) in [7, 11) is 0. The normalized spacial score (nSPS) is 12.6. The van der Waals surface area contributed by atoms with Gasteiger partial charge in [-0.25, -0.2) is 4.98 Å². The average Bonchev–Trinajstić information content (AvgIpc) is 2.59. The standard InChI is InChI=1S/C19H16F3N3O/c1-12-5-4-6-13(11-12)14-7-2-3-8-15(14)17(19(20,21)22)26-16-9-10-24-18(23)25-16/h2-11,17H,1H3,(H2,23,24,25). The highest BCUT2D eigenvalue weighted by molar-refractivity contribution is 5.68. The van der Waals surface area contributed by atoms with Gasteiger partial charge in [-0.2, -0.15) is 18.2 Å². The van der Waals surface area contributed by atoms with Crippen LogP contribution in [0.4, 0.5) is 19.1 Å². The van der Waals surface area contributed by atoms with Crippen molar-refractivity contribution in [1.82, 2.24) is 9.97 Å². The number of aryl methyl sites for hydroxylation is 1. The van der Waals surface area contributed by atoms with Crippen molar-refractivity contribution in [3.63, 3.8) is 0 Å². The monoisotopic (exact) mass is 359 g/mol. The maximum Gasteiger partial charge on any atom is 0.429 e. The third-order valence-corrected chi connectivity index (χ3v) is 3.76. The fourth-order valence-corrected chi connectivity index (χ4v) is 2.65. The van der Waals surface area contributed by atoms with Gasteiger partial charge in [0.25, 0.3) is 0 Å². The van der Waals surface area contributed by atoms with Crippen LogP contribution in [0, 0.1) is 6.92 Å². The fraction of sp³-hybridized carbons (Fsp3) is 0.158. The van der Waals surface area contributed by atoms with Gasteiger partial charge in [0.15, 0.2) is 0 Å². The van der Waals surface area contributed by atoms with E-state index in [0.29, 0.717) is 11.1 Å². The van der Waals surface area contributed by atoms with Crippen LogP contribution in [-0.2, 0) is 0 Å². The number of rotatable bonds is 4. The molecule has 0 aliphatic rings. The van der Waals surface area contributed by atoms with Crippen molar-refractivity contribution < 1.29 is 17.9 Å². The van der Waals surface area contributed by atoms with E-state index in [1.54, 1.807) is 30.3 Å². The predicted molar refractivity (Wildman–Crippen MR) is 92.5 cm³/mol. The Kier molecular flexibility index (Phi) is 4.79. The van der Waals surface area contributed by atoms with Crippen molar-refractivity contribution in [2.75, 3.05) is 5.73 Å². The molecular formula is C19H16F3N3O. The molecule has 0 fully saturated rings. The molecule has 4 nitrogen and oxygen atoms in total. The minimum absolute atomic E-state index is 0.00258. The molecule has 2 N–H and O–H groups in total. The van der Waals surface area contributed by atoms with Crippen molar-refractivity contribution in [1.29, 1.82) is 0 Å². The van der Waals surface area contributed by atoms with Crippen LogP contribution < -0.4 is 10.5 Å². The summed E-state index contributed by atoms with van der Waals surface area (Å²) in [6, 6.07) is 14.8. The Morgan fingerprint density at radius 2 is 1.81 bits per heavy atom. The van der Waals surface area contributed by atoms with Crippen molar-refractivity contribution in [3.05, 3.63) is 71.9 Å². The first kappa shape index (κ1) is 17.7. The lowest BCUT2D eigenvalue weighted by molar-refractivity contribution is -0.198. The van der Waals surface area contributed by atoms with Crippen LogP contribution in [0.15, 0.2) is 60.8 Å². The van der Waals surface area contributed by atoms with Crippen LogP contribution in [0.5, 0.6) is 5.88 Å². The molecule has 1 heterocycles. The third kappa shape index (κ3) is 3.93. The highest BCUT2D eigenvalue weighted by Gasteiger charge is 2.44. The van der Waals surface area contributed by atoms with Crippen molar-refractivity contribution in [2.45, 2.75) is 19.2 Å². The molecule has 3 rings (SSSR count). The Morgan fingerprint density at radius 3 is 2.50 bits per heavy atom. The van der Waals surface area contributed by atoms with E-state index in [4.69, 9.17) is 10.5 Å². The highest BCUT2D eigenvalue weighted by Crippen LogP contribution is 2.40. The maximum absolute atomic E-state index is 13.8. The third-order valence-electron chi connectivity index (χ3n) is 3.76. The van der Waals surface area contributed by atoms with Gasteiger partial charge in [-0.15, -0.1) is 0 Å². The molecule has 0 bridgehead atoms. The lowest BCUT2D eigenvalue weighted by Crippen LogP contribution is -2.27. The smallest absolute Gasteiger partial charge is 0.429 e. The number of nitrogens with two attached hydrogens (primary N) is 1. The number of aromatic nitrogens is 2. The number of halogens is 3. The Morgan fingerprint density at radius 1 is 1.04 bits per heavy atom. The van der Waals surface area contributed by atoms with E-state index in [1.165, 1.54) is 18.3 Å². The summed E-state index contributed by atoms with van der Waals surface area (Å²) in [6.07, 6.45) is -5.58. The molecular weight excluding hydrogens is 343 g/mol. The Hall–Kier alpha value is -3.09. The fourth-order valence-electron chi connectivity index (χ4n) is 2.65. The molecule has 0 amide bonds. The van der Waals surface area contributed by atoms with Crippen LogP contribution in [0.25, 0.3) is 11.1 Å². The van der Waals surface area contributed by atoms with Gasteiger partial charge in [0.2, 0.25) is 17.9 Å². The minimum atomic E-state index is -4.64. The molecule has 0 radical (unpaired) electrons. The number of benzene rings is 2. The second-order valence-corrected chi connectivity index (χ2v) is 5.75. The lowest BCUT2D eigenvalue weighted by atomic mass is 9.95. The van der Waals surface area contributed by atoms with Gasteiger partial charge in [-0.05, 0) is 18.1 Å². The number of nitrogens with zero attached hydrogens (tertiary/aromatic N) is 2. The van der Waals surface area contributed by atoms with Crippen molar-refractivity contribution >= 4 is 5.95 Å². The van der Waals surface area contributed by atoms with Gasteiger partial charge in [-0.1, -0.05) is 54.1 Å². The van der Waals surface area contributed by atoms with E-state index in [2.05, 4.69) is 9.97 Å². The molecule has 1 atom stereocenters. The van der Waals surface area contributed by atoms with Crippen LogP contribution in [0.2, 0.25) is 0 Å². The molecule has 7 heteroatoms. The van der Waals surface area contributed by atoms with E-state index in [-0.39, 0.29) is 17.4 Å². The molecule has 0 saturated carbocycles. The molecule has 0 aliphatic carbocycles. The topological polar surface area (TPSA) is 61.0 Å². The first-order valence-electron chi connectivity index (χ1n) is 7.82. The maximum atomic E-state index is 13.8. The van der Waals surface area contributed by atoms with Crippen molar-refractivity contribution in [2.24, 2.45) is 0 Å². The Bertz CT molecular complexity index is 912. The molecule has 0 aliphatic heterocycles. The van der Waals surface area contributed by atoms with Gasteiger partial charge in [-0.3, -0.25) is 0 Å².